The lowest BCUT2D eigenvalue weighted by molar-refractivity contribution is -0.145. The van der Waals surface area contributed by atoms with Crippen LogP contribution in [0.5, 0.6) is 5.75 Å². The van der Waals surface area contributed by atoms with Crippen molar-refractivity contribution in [2.24, 2.45) is 5.41 Å². The molecule has 0 aliphatic heterocycles. The summed E-state index contributed by atoms with van der Waals surface area (Å²) in [6.07, 6.45) is 0. The van der Waals surface area contributed by atoms with Gasteiger partial charge in [-0.15, -0.1) is 0 Å². The first-order valence-corrected chi connectivity index (χ1v) is 7.80. The highest BCUT2D eigenvalue weighted by molar-refractivity contribution is 9.11. The van der Waals surface area contributed by atoms with Crippen LogP contribution in [0.15, 0.2) is 27.1 Å². The van der Waals surface area contributed by atoms with E-state index in [4.69, 9.17) is 9.84 Å². The Labute approximate surface area is 140 Å². The van der Waals surface area contributed by atoms with Gasteiger partial charge in [-0.25, -0.2) is 4.79 Å². The monoisotopic (exact) mass is 421 g/mol. The molecular formula is C14H17Br2NO4. The molecule has 5 nitrogen and oxygen atoms in total. The van der Waals surface area contributed by atoms with Gasteiger partial charge in [0.25, 0.3) is 5.91 Å². The summed E-state index contributed by atoms with van der Waals surface area (Å²) in [4.78, 5) is 23.0. The number of rotatable bonds is 5. The predicted molar refractivity (Wildman–Crippen MR) is 86.4 cm³/mol. The first kappa shape index (κ1) is 18.0. The number of hydrogen-bond donors (Lipinski definition) is 2. The SMILES string of the molecule is CC(C)(C)C(NC(=O)COc1ccc(Br)cc1Br)C(=O)O. The summed E-state index contributed by atoms with van der Waals surface area (Å²) in [5, 5.41) is 11.6. The van der Waals surface area contributed by atoms with Crippen LogP contribution >= 0.6 is 31.9 Å². The Kier molecular flexibility index (Phi) is 6.22. The second-order valence-electron chi connectivity index (χ2n) is 5.57. The summed E-state index contributed by atoms with van der Waals surface area (Å²) in [5.41, 5.74) is -0.584. The number of carboxylic acids is 1. The third-order valence-electron chi connectivity index (χ3n) is 2.67. The fourth-order valence-corrected chi connectivity index (χ4v) is 2.75. The minimum Gasteiger partial charge on any atom is -0.483 e. The molecule has 0 aliphatic rings. The van der Waals surface area contributed by atoms with E-state index < -0.39 is 23.3 Å². The molecule has 2 N–H and O–H groups in total. The van der Waals surface area contributed by atoms with Gasteiger partial charge in [0.05, 0.1) is 4.47 Å². The quantitative estimate of drug-likeness (QED) is 0.763. The van der Waals surface area contributed by atoms with E-state index in [0.717, 1.165) is 4.47 Å². The van der Waals surface area contributed by atoms with E-state index in [1.807, 2.05) is 0 Å². The molecule has 0 saturated carbocycles. The largest absolute Gasteiger partial charge is 0.483 e. The van der Waals surface area contributed by atoms with Crippen molar-refractivity contribution in [1.29, 1.82) is 0 Å². The molecule has 0 heterocycles. The highest BCUT2D eigenvalue weighted by Gasteiger charge is 2.32. The molecule has 0 aliphatic carbocycles. The van der Waals surface area contributed by atoms with Crippen LogP contribution in [0.1, 0.15) is 20.8 Å². The zero-order valence-electron chi connectivity index (χ0n) is 11.9. The van der Waals surface area contributed by atoms with E-state index in [1.165, 1.54) is 0 Å². The molecular weight excluding hydrogens is 406 g/mol. The van der Waals surface area contributed by atoms with Crippen molar-refractivity contribution in [2.75, 3.05) is 6.61 Å². The van der Waals surface area contributed by atoms with Crippen molar-refractivity contribution in [3.8, 4) is 5.75 Å². The zero-order valence-corrected chi connectivity index (χ0v) is 15.1. The van der Waals surface area contributed by atoms with E-state index in [2.05, 4.69) is 37.2 Å². The van der Waals surface area contributed by atoms with Crippen LogP contribution < -0.4 is 10.1 Å². The molecule has 21 heavy (non-hydrogen) atoms. The topological polar surface area (TPSA) is 75.6 Å². The van der Waals surface area contributed by atoms with E-state index >= 15 is 0 Å². The van der Waals surface area contributed by atoms with E-state index in [-0.39, 0.29) is 6.61 Å². The van der Waals surface area contributed by atoms with Crippen LogP contribution in [0.4, 0.5) is 0 Å². The number of carboxylic acid groups (broad SMARTS) is 1. The summed E-state index contributed by atoms with van der Waals surface area (Å²) in [7, 11) is 0. The van der Waals surface area contributed by atoms with Crippen molar-refractivity contribution < 1.29 is 19.4 Å². The molecule has 1 rings (SSSR count). The molecule has 0 bridgehead atoms. The second-order valence-corrected chi connectivity index (χ2v) is 7.34. The highest BCUT2D eigenvalue weighted by Crippen LogP contribution is 2.28. The predicted octanol–water partition coefficient (Wildman–Crippen LogP) is 3.21. The van der Waals surface area contributed by atoms with Crippen LogP contribution in [0.3, 0.4) is 0 Å². The summed E-state index contributed by atoms with van der Waals surface area (Å²) < 4.78 is 6.96. The summed E-state index contributed by atoms with van der Waals surface area (Å²) in [6.45, 7) is 4.99. The maximum absolute atomic E-state index is 11.8. The Balaban J connectivity index is 2.63. The number of aliphatic carboxylic acids is 1. The summed E-state index contributed by atoms with van der Waals surface area (Å²) >= 11 is 6.64. The molecule has 1 atom stereocenters. The van der Waals surface area contributed by atoms with E-state index in [9.17, 15) is 9.59 Å². The van der Waals surface area contributed by atoms with Crippen LogP contribution in [-0.2, 0) is 9.59 Å². The third kappa shape index (κ3) is 5.67. The minimum absolute atomic E-state index is 0.250. The molecule has 0 aromatic heterocycles. The third-order valence-corrected chi connectivity index (χ3v) is 3.78. The smallest absolute Gasteiger partial charge is 0.326 e. The Bertz CT molecular complexity index is 540. The molecule has 1 aromatic carbocycles. The van der Waals surface area contributed by atoms with Gasteiger partial charge in [-0.3, -0.25) is 4.79 Å². The Morgan fingerprint density at radius 1 is 1.33 bits per heavy atom. The van der Waals surface area contributed by atoms with Gasteiger partial charge >= 0.3 is 5.97 Å². The standard InChI is InChI=1S/C14H17Br2NO4/c1-14(2,3)12(13(19)20)17-11(18)7-21-10-5-4-8(15)6-9(10)16/h4-6,12H,7H2,1-3H3,(H,17,18)(H,19,20). The lowest BCUT2D eigenvalue weighted by atomic mass is 9.87. The number of carbonyl (C=O) groups excluding carboxylic acids is 1. The lowest BCUT2D eigenvalue weighted by Gasteiger charge is -2.27. The minimum atomic E-state index is -1.07. The first-order chi connectivity index (χ1) is 9.61. The maximum Gasteiger partial charge on any atom is 0.326 e. The van der Waals surface area contributed by atoms with Crippen LogP contribution in [0, 0.1) is 5.41 Å². The van der Waals surface area contributed by atoms with Gasteiger partial charge < -0.3 is 15.2 Å². The van der Waals surface area contributed by atoms with Gasteiger partial charge in [-0.1, -0.05) is 36.7 Å². The molecule has 1 unspecified atom stereocenters. The fraction of sp³-hybridized carbons (Fsp3) is 0.429. The fourth-order valence-electron chi connectivity index (χ4n) is 1.59. The van der Waals surface area contributed by atoms with Crippen LogP contribution in [0.25, 0.3) is 0 Å². The summed E-state index contributed by atoms with van der Waals surface area (Å²) in [5.74, 6) is -1.04. The van der Waals surface area contributed by atoms with Crippen molar-refractivity contribution in [1.82, 2.24) is 5.32 Å². The Morgan fingerprint density at radius 3 is 2.43 bits per heavy atom. The van der Waals surface area contributed by atoms with Crippen molar-refractivity contribution >= 4 is 43.7 Å². The number of carbonyl (C=O) groups is 2. The van der Waals surface area contributed by atoms with Crippen molar-refractivity contribution in [3.05, 3.63) is 27.1 Å². The number of amides is 1. The van der Waals surface area contributed by atoms with E-state index in [0.29, 0.717) is 10.2 Å². The van der Waals surface area contributed by atoms with Crippen molar-refractivity contribution in [2.45, 2.75) is 26.8 Å². The molecule has 0 saturated heterocycles. The number of hydrogen-bond acceptors (Lipinski definition) is 3. The molecule has 0 spiro atoms. The van der Waals surface area contributed by atoms with Gasteiger partial charge in [0.1, 0.15) is 11.8 Å². The molecule has 0 radical (unpaired) electrons. The average Bonchev–Trinajstić information content (AvgIpc) is 2.33. The maximum atomic E-state index is 11.8. The van der Waals surface area contributed by atoms with Gasteiger partial charge in [0, 0.05) is 4.47 Å². The van der Waals surface area contributed by atoms with Gasteiger partial charge in [0.15, 0.2) is 6.61 Å². The lowest BCUT2D eigenvalue weighted by Crippen LogP contribution is -2.50. The number of nitrogens with one attached hydrogen (secondary N) is 1. The second kappa shape index (κ2) is 7.26. The van der Waals surface area contributed by atoms with Gasteiger partial charge in [-0.05, 0) is 39.5 Å². The Hall–Kier alpha value is -1.08. The zero-order chi connectivity index (χ0) is 16.2. The molecule has 1 amide bonds. The number of halogens is 2. The molecule has 0 fully saturated rings. The van der Waals surface area contributed by atoms with Crippen LogP contribution in [0.2, 0.25) is 0 Å². The first-order valence-electron chi connectivity index (χ1n) is 6.21. The molecule has 1 aromatic rings. The molecule has 7 heteroatoms. The van der Waals surface area contributed by atoms with E-state index in [1.54, 1.807) is 39.0 Å². The normalized spacial score (nSPS) is 12.6. The van der Waals surface area contributed by atoms with Gasteiger partial charge in [-0.2, -0.15) is 0 Å². The number of benzene rings is 1. The Morgan fingerprint density at radius 2 is 1.95 bits per heavy atom. The average molecular weight is 423 g/mol. The number of ether oxygens (including phenoxy) is 1. The summed E-state index contributed by atoms with van der Waals surface area (Å²) in [6, 6.07) is 4.32. The van der Waals surface area contributed by atoms with Crippen LogP contribution in [-0.4, -0.2) is 29.6 Å². The van der Waals surface area contributed by atoms with Crippen molar-refractivity contribution in [3.63, 3.8) is 0 Å². The van der Waals surface area contributed by atoms with Gasteiger partial charge in [0.2, 0.25) is 0 Å². The molecule has 116 valence electrons. The highest BCUT2D eigenvalue weighted by atomic mass is 79.9.